The molecule has 98 heavy (non-hydrogen) atoms. The first-order valence-corrected chi connectivity index (χ1v) is 32.0. The van der Waals surface area contributed by atoms with Gasteiger partial charge in [-0.2, -0.15) is 0 Å². The normalized spacial score (nSPS) is 11.3. The van der Waals surface area contributed by atoms with Gasteiger partial charge >= 0.3 is 0 Å². The molecule has 0 fully saturated rings. The van der Waals surface area contributed by atoms with Crippen molar-refractivity contribution < 1.29 is 8.83 Å². The number of aromatic nitrogens is 11. The summed E-state index contributed by atoms with van der Waals surface area (Å²) in [5.74, 6) is 4.74. The molecule has 0 aliphatic rings. The minimum absolute atomic E-state index is 0.547. The highest BCUT2D eigenvalue weighted by Gasteiger charge is 2.22. The number of fused-ring (bicyclic) bond motifs is 6. The lowest BCUT2D eigenvalue weighted by Crippen LogP contribution is -2.00. The van der Waals surface area contributed by atoms with Crippen LogP contribution in [0.1, 0.15) is 0 Å². The molecule has 0 N–H and O–H groups in total. The summed E-state index contributed by atoms with van der Waals surface area (Å²) in [6.07, 6.45) is 3.51. The minimum atomic E-state index is 0.547. The van der Waals surface area contributed by atoms with E-state index in [4.69, 9.17) is 58.7 Å². The van der Waals surface area contributed by atoms with Crippen LogP contribution in [0.3, 0.4) is 0 Å². The zero-order valence-electron chi connectivity index (χ0n) is 52.3. The molecule has 0 unspecified atom stereocenters. The van der Waals surface area contributed by atoms with Gasteiger partial charge in [0.2, 0.25) is 0 Å². The van der Waals surface area contributed by atoms with Gasteiger partial charge in [-0.1, -0.05) is 261 Å². The molecule has 18 rings (SSSR count). The van der Waals surface area contributed by atoms with E-state index in [1.54, 1.807) is 12.4 Å². The summed E-state index contributed by atoms with van der Waals surface area (Å²) >= 11 is 0. The molecule has 7 aromatic heterocycles. The Balaban J connectivity index is 0.000000152. The van der Waals surface area contributed by atoms with Crippen LogP contribution in [0.5, 0.6) is 0 Å². The lowest BCUT2D eigenvalue weighted by molar-refractivity contribution is 0.667. The molecule has 7 heterocycles. The molecule has 18 aromatic rings. The Bertz CT molecular complexity index is 5850. The van der Waals surface area contributed by atoms with Gasteiger partial charge in [-0.3, -0.25) is 4.98 Å². The fourth-order valence-corrected chi connectivity index (χ4v) is 12.1. The van der Waals surface area contributed by atoms with Crippen LogP contribution < -0.4 is 0 Å². The zero-order chi connectivity index (χ0) is 65.1. The second-order valence-corrected chi connectivity index (χ2v) is 23.3. The van der Waals surface area contributed by atoms with Gasteiger partial charge in [-0.15, -0.1) is 0 Å². The van der Waals surface area contributed by atoms with Crippen molar-refractivity contribution >= 4 is 44.1 Å². The lowest BCUT2D eigenvalue weighted by atomic mass is 10.0. The van der Waals surface area contributed by atoms with E-state index < -0.39 is 0 Å². The van der Waals surface area contributed by atoms with Gasteiger partial charge < -0.3 is 8.83 Å². The van der Waals surface area contributed by atoms with E-state index in [1.807, 2.05) is 249 Å². The zero-order valence-corrected chi connectivity index (χ0v) is 52.3. The summed E-state index contributed by atoms with van der Waals surface area (Å²) in [5, 5.41) is 1.90. The summed E-state index contributed by atoms with van der Waals surface area (Å²) in [4.78, 5) is 53.9. The van der Waals surface area contributed by atoms with Crippen molar-refractivity contribution in [2.75, 3.05) is 0 Å². The first-order valence-electron chi connectivity index (χ1n) is 32.0. The van der Waals surface area contributed by atoms with Crippen LogP contribution >= 0.6 is 0 Å². The third kappa shape index (κ3) is 11.6. The Labute approximate surface area is 562 Å². The molecular formula is C85H53N11O2. The van der Waals surface area contributed by atoms with Crippen LogP contribution in [0.2, 0.25) is 0 Å². The topological polar surface area (TPSA) is 168 Å². The molecule has 0 bridgehead atoms. The van der Waals surface area contributed by atoms with Crippen molar-refractivity contribution in [1.29, 1.82) is 0 Å². The number of benzene rings is 11. The second kappa shape index (κ2) is 25.7. The predicted octanol–water partition coefficient (Wildman–Crippen LogP) is 20.5. The van der Waals surface area contributed by atoms with E-state index in [0.717, 1.165) is 122 Å². The lowest BCUT2D eigenvalue weighted by Gasteiger charge is -2.10. The molecule has 0 amide bonds. The minimum Gasteiger partial charge on any atom is -0.452 e. The van der Waals surface area contributed by atoms with E-state index in [-0.39, 0.29) is 0 Å². The van der Waals surface area contributed by atoms with Gasteiger partial charge in [0, 0.05) is 78.8 Å². The SMILES string of the molecule is c1ccc(-c2cccc(-c3nc(-c4ccc(-c5nc(-c6cccc(-c7ccccc7)c6)c6oc7ccccc7c6n5)cc4)nc(-c4cccnc4)n3)c2)cc1.c1ccc(-c2nc(-c3ccccc3)nc(-c3ccc(-c4nc(-c5ccccc5)c5oc6ccccc6c5n4)cc3)n2)cc1. The van der Waals surface area contributed by atoms with Crippen LogP contribution in [-0.2, 0) is 0 Å². The summed E-state index contributed by atoms with van der Waals surface area (Å²) < 4.78 is 12.7. The van der Waals surface area contributed by atoms with Crippen molar-refractivity contribution in [2.24, 2.45) is 0 Å². The maximum Gasteiger partial charge on any atom is 0.180 e. The van der Waals surface area contributed by atoms with Gasteiger partial charge in [0.15, 0.2) is 57.8 Å². The van der Waals surface area contributed by atoms with Gasteiger partial charge in [0.05, 0.1) is 0 Å². The van der Waals surface area contributed by atoms with Crippen LogP contribution in [0.15, 0.2) is 331 Å². The van der Waals surface area contributed by atoms with E-state index in [0.29, 0.717) is 57.8 Å². The highest BCUT2D eigenvalue weighted by molar-refractivity contribution is 6.08. The van der Waals surface area contributed by atoms with Crippen molar-refractivity contribution in [2.45, 2.75) is 0 Å². The molecule has 0 spiro atoms. The molecule has 0 saturated carbocycles. The Morgan fingerprint density at radius 2 is 0.490 bits per heavy atom. The largest absolute Gasteiger partial charge is 0.452 e. The van der Waals surface area contributed by atoms with Crippen LogP contribution in [-0.4, -0.2) is 54.8 Å². The average Bonchev–Trinajstić information content (AvgIpc) is 1.62. The van der Waals surface area contributed by atoms with Crippen molar-refractivity contribution in [3.63, 3.8) is 0 Å². The third-order valence-electron chi connectivity index (χ3n) is 17.0. The second-order valence-electron chi connectivity index (χ2n) is 23.3. The number of nitrogens with zero attached hydrogens (tertiary/aromatic N) is 11. The molecule has 0 aliphatic carbocycles. The molecular weight excluding hydrogens is 1210 g/mol. The smallest absolute Gasteiger partial charge is 0.180 e. The van der Waals surface area contributed by atoms with Gasteiger partial charge in [-0.05, 0) is 70.8 Å². The molecule has 13 heteroatoms. The Morgan fingerprint density at radius 1 is 0.194 bits per heavy atom. The Morgan fingerprint density at radius 3 is 0.908 bits per heavy atom. The number of para-hydroxylation sites is 2. The van der Waals surface area contributed by atoms with E-state index in [9.17, 15) is 0 Å². The first-order chi connectivity index (χ1) is 48.5. The fraction of sp³-hybridized carbons (Fsp3) is 0. The number of hydrogen-bond donors (Lipinski definition) is 0. The van der Waals surface area contributed by atoms with E-state index in [2.05, 4.69) is 65.6 Å². The van der Waals surface area contributed by atoms with Crippen molar-refractivity contribution in [3.05, 3.63) is 322 Å². The van der Waals surface area contributed by atoms with Gasteiger partial charge in [0.1, 0.15) is 33.6 Å². The average molecular weight is 1260 g/mol. The highest BCUT2D eigenvalue weighted by Crippen LogP contribution is 2.40. The predicted molar refractivity (Wildman–Crippen MR) is 388 cm³/mol. The van der Waals surface area contributed by atoms with E-state index in [1.165, 1.54) is 0 Å². The molecule has 11 aromatic carbocycles. The van der Waals surface area contributed by atoms with Gasteiger partial charge in [0.25, 0.3) is 0 Å². The standard InChI is InChI=1S/C48H30N6O.C37H23N5O/c1-3-12-31(13-4-1)35-16-9-18-37(28-35)42-44-43(40-21-7-8-22-41(40)55-44)51-45(50-42)33-23-25-34(26-24-33)46-52-47(54-48(53-46)39-20-11-27-49-30-39)38-19-10-17-36(29-38)32-14-5-2-6-15-32;1-4-12-24(13-5-1)31-33-32(29-18-10-11-19-30(29)43-33)39-34(38-31)27-20-22-28(23-21-27)37-41-35(25-14-6-2-7-15-25)40-36(42-37)26-16-8-3-9-17-26/h1-30H;1-23H. The van der Waals surface area contributed by atoms with Crippen LogP contribution in [0.25, 0.3) is 180 Å². The Kier molecular flexibility index (Phi) is 15.3. The highest BCUT2D eigenvalue weighted by atomic mass is 16.3. The quantitative estimate of drug-likeness (QED) is 0.113. The van der Waals surface area contributed by atoms with Crippen molar-refractivity contribution in [1.82, 2.24) is 54.8 Å². The van der Waals surface area contributed by atoms with Crippen LogP contribution in [0.4, 0.5) is 0 Å². The number of hydrogen-bond acceptors (Lipinski definition) is 13. The maximum absolute atomic E-state index is 6.43. The monoisotopic (exact) mass is 1260 g/mol. The van der Waals surface area contributed by atoms with Crippen LogP contribution in [0, 0.1) is 0 Å². The number of pyridine rings is 1. The maximum atomic E-state index is 6.43. The number of furan rings is 2. The number of rotatable bonds is 12. The Hall–Kier alpha value is -13.7. The third-order valence-corrected chi connectivity index (χ3v) is 17.0. The molecule has 0 saturated heterocycles. The van der Waals surface area contributed by atoms with Gasteiger partial charge in [-0.25, -0.2) is 49.8 Å². The molecule has 460 valence electrons. The summed E-state index contributed by atoms with van der Waals surface area (Å²) in [5.41, 5.74) is 19.3. The summed E-state index contributed by atoms with van der Waals surface area (Å²) in [7, 11) is 0. The van der Waals surface area contributed by atoms with E-state index >= 15 is 0 Å². The first kappa shape index (κ1) is 58.2. The molecule has 0 radical (unpaired) electrons. The molecule has 13 nitrogen and oxygen atoms in total. The molecule has 0 atom stereocenters. The summed E-state index contributed by atoms with van der Waals surface area (Å²) in [6, 6.07) is 103. The fourth-order valence-electron chi connectivity index (χ4n) is 12.1. The van der Waals surface area contributed by atoms with Crippen molar-refractivity contribution in [3.8, 4) is 136 Å². The summed E-state index contributed by atoms with van der Waals surface area (Å²) in [6.45, 7) is 0. The molecule has 0 aliphatic heterocycles.